The molecule has 7 nitrogen and oxygen atoms in total. The smallest absolute Gasteiger partial charge is 0.293 e. The molecule has 0 amide bonds. The summed E-state index contributed by atoms with van der Waals surface area (Å²) >= 11 is 0. The summed E-state index contributed by atoms with van der Waals surface area (Å²) in [6, 6.07) is 12.6. The van der Waals surface area contributed by atoms with Crippen LogP contribution in [-0.4, -0.2) is 21.1 Å². The van der Waals surface area contributed by atoms with Gasteiger partial charge in [-0.05, 0) is 39.0 Å². The van der Waals surface area contributed by atoms with Gasteiger partial charge < -0.3 is 9.84 Å². The summed E-state index contributed by atoms with van der Waals surface area (Å²) in [4.78, 5) is 15.3. The van der Waals surface area contributed by atoms with Gasteiger partial charge in [-0.3, -0.25) is 10.1 Å². The van der Waals surface area contributed by atoms with E-state index in [4.69, 9.17) is 4.52 Å². The molecule has 1 heterocycles. The Morgan fingerprint density at radius 3 is 2.64 bits per heavy atom. The van der Waals surface area contributed by atoms with Crippen molar-refractivity contribution in [3.05, 3.63) is 58.1 Å². The SMILES string of the molecule is Cc1cccc(-c2noc(-c3ccc(NC(C)C)c([N+](=O)[O-])c3)n2)c1. The summed E-state index contributed by atoms with van der Waals surface area (Å²) in [5.41, 5.74) is 2.86. The predicted molar refractivity (Wildman–Crippen MR) is 95.3 cm³/mol. The van der Waals surface area contributed by atoms with E-state index in [0.29, 0.717) is 17.1 Å². The lowest BCUT2D eigenvalue weighted by Gasteiger charge is -2.10. The Hall–Kier alpha value is -3.22. The molecule has 0 radical (unpaired) electrons. The monoisotopic (exact) mass is 338 g/mol. The molecule has 7 heteroatoms. The Morgan fingerprint density at radius 1 is 1.16 bits per heavy atom. The highest BCUT2D eigenvalue weighted by Gasteiger charge is 2.19. The second kappa shape index (κ2) is 6.72. The fourth-order valence-corrected chi connectivity index (χ4v) is 2.49. The fourth-order valence-electron chi connectivity index (χ4n) is 2.49. The second-order valence-electron chi connectivity index (χ2n) is 6.08. The van der Waals surface area contributed by atoms with Crippen molar-refractivity contribution in [1.82, 2.24) is 10.1 Å². The van der Waals surface area contributed by atoms with Crippen LogP contribution in [0.5, 0.6) is 0 Å². The van der Waals surface area contributed by atoms with E-state index in [1.807, 2.05) is 45.0 Å². The van der Waals surface area contributed by atoms with Crippen molar-refractivity contribution in [1.29, 1.82) is 0 Å². The lowest BCUT2D eigenvalue weighted by atomic mass is 10.1. The van der Waals surface area contributed by atoms with E-state index in [1.54, 1.807) is 12.1 Å². The molecule has 0 bridgehead atoms. The van der Waals surface area contributed by atoms with Gasteiger partial charge in [0.05, 0.1) is 4.92 Å². The van der Waals surface area contributed by atoms with E-state index in [2.05, 4.69) is 15.5 Å². The third-order valence-corrected chi connectivity index (χ3v) is 3.59. The molecule has 0 spiro atoms. The predicted octanol–water partition coefficient (Wildman–Crippen LogP) is 4.44. The van der Waals surface area contributed by atoms with E-state index in [9.17, 15) is 10.1 Å². The van der Waals surface area contributed by atoms with Crippen LogP contribution in [0.15, 0.2) is 47.0 Å². The minimum atomic E-state index is -0.425. The molecule has 3 aromatic rings. The average molecular weight is 338 g/mol. The fraction of sp³-hybridized carbons (Fsp3) is 0.222. The molecule has 25 heavy (non-hydrogen) atoms. The van der Waals surface area contributed by atoms with Crippen LogP contribution < -0.4 is 5.32 Å². The molecule has 128 valence electrons. The first-order valence-electron chi connectivity index (χ1n) is 7.90. The molecular formula is C18H18N4O3. The maximum absolute atomic E-state index is 11.3. The molecule has 0 fully saturated rings. The molecule has 0 saturated heterocycles. The summed E-state index contributed by atoms with van der Waals surface area (Å²) in [6.07, 6.45) is 0. The molecule has 3 rings (SSSR count). The highest BCUT2D eigenvalue weighted by molar-refractivity contribution is 5.70. The van der Waals surface area contributed by atoms with Crippen LogP contribution >= 0.6 is 0 Å². The first kappa shape index (κ1) is 16.6. The van der Waals surface area contributed by atoms with Gasteiger partial charge >= 0.3 is 0 Å². The summed E-state index contributed by atoms with van der Waals surface area (Å²) in [5.74, 6) is 0.696. The van der Waals surface area contributed by atoms with Crippen molar-refractivity contribution in [2.24, 2.45) is 0 Å². The summed E-state index contributed by atoms with van der Waals surface area (Å²) in [7, 11) is 0. The Morgan fingerprint density at radius 2 is 1.96 bits per heavy atom. The first-order chi connectivity index (χ1) is 11.9. The average Bonchev–Trinajstić information content (AvgIpc) is 3.04. The highest BCUT2D eigenvalue weighted by Crippen LogP contribution is 2.31. The van der Waals surface area contributed by atoms with Crippen molar-refractivity contribution < 1.29 is 9.45 Å². The molecule has 0 unspecified atom stereocenters. The van der Waals surface area contributed by atoms with Gasteiger partial charge in [-0.1, -0.05) is 28.9 Å². The number of benzene rings is 2. The quantitative estimate of drug-likeness (QED) is 0.546. The Kier molecular flexibility index (Phi) is 4.47. The molecule has 0 aliphatic carbocycles. The Balaban J connectivity index is 1.97. The number of anilines is 1. The van der Waals surface area contributed by atoms with Crippen LogP contribution in [0.2, 0.25) is 0 Å². The number of aromatic nitrogens is 2. The van der Waals surface area contributed by atoms with Gasteiger partial charge in [-0.25, -0.2) is 0 Å². The number of hydrogen-bond donors (Lipinski definition) is 1. The van der Waals surface area contributed by atoms with Crippen LogP contribution in [0.4, 0.5) is 11.4 Å². The van der Waals surface area contributed by atoms with Crippen LogP contribution in [0, 0.1) is 17.0 Å². The molecule has 1 N–H and O–H groups in total. The molecular weight excluding hydrogens is 320 g/mol. The largest absolute Gasteiger partial charge is 0.377 e. The van der Waals surface area contributed by atoms with E-state index >= 15 is 0 Å². The van der Waals surface area contributed by atoms with Crippen LogP contribution in [-0.2, 0) is 0 Å². The van der Waals surface area contributed by atoms with Crippen LogP contribution in [0.1, 0.15) is 19.4 Å². The van der Waals surface area contributed by atoms with Crippen molar-refractivity contribution in [3.63, 3.8) is 0 Å². The number of aryl methyl sites for hydroxylation is 1. The molecule has 0 atom stereocenters. The lowest BCUT2D eigenvalue weighted by molar-refractivity contribution is -0.383. The van der Waals surface area contributed by atoms with E-state index in [1.165, 1.54) is 6.07 Å². The minimum Gasteiger partial charge on any atom is -0.377 e. The number of nitro benzene ring substituents is 1. The molecule has 0 aliphatic rings. The maximum Gasteiger partial charge on any atom is 0.293 e. The van der Waals surface area contributed by atoms with Gasteiger partial charge in [0, 0.05) is 23.2 Å². The number of nitrogens with zero attached hydrogens (tertiary/aromatic N) is 3. The van der Waals surface area contributed by atoms with E-state index in [0.717, 1.165) is 11.1 Å². The number of nitrogens with one attached hydrogen (secondary N) is 1. The van der Waals surface area contributed by atoms with Crippen LogP contribution in [0.25, 0.3) is 22.8 Å². The van der Waals surface area contributed by atoms with Crippen molar-refractivity contribution in [3.8, 4) is 22.8 Å². The number of rotatable bonds is 5. The Labute approximate surface area is 144 Å². The standard InChI is InChI=1S/C18H18N4O3/c1-11(2)19-15-8-7-14(10-16(15)22(23)24)18-20-17(21-25-18)13-6-4-5-12(3)9-13/h4-11,19H,1-3H3. The second-order valence-corrected chi connectivity index (χ2v) is 6.08. The molecule has 1 aromatic heterocycles. The van der Waals surface area contributed by atoms with Crippen molar-refractivity contribution in [2.45, 2.75) is 26.8 Å². The highest BCUT2D eigenvalue weighted by atomic mass is 16.6. The van der Waals surface area contributed by atoms with Gasteiger partial charge in [0.2, 0.25) is 5.82 Å². The molecule has 2 aromatic carbocycles. The molecule has 0 aliphatic heterocycles. The van der Waals surface area contributed by atoms with Gasteiger partial charge in [0.15, 0.2) is 0 Å². The van der Waals surface area contributed by atoms with Gasteiger partial charge in [0.1, 0.15) is 5.69 Å². The lowest BCUT2D eigenvalue weighted by Crippen LogP contribution is -2.11. The number of hydrogen-bond acceptors (Lipinski definition) is 6. The Bertz CT molecular complexity index is 918. The zero-order valence-corrected chi connectivity index (χ0v) is 14.2. The molecule has 0 saturated carbocycles. The number of nitro groups is 1. The summed E-state index contributed by atoms with van der Waals surface area (Å²) < 4.78 is 5.30. The van der Waals surface area contributed by atoms with Crippen LogP contribution in [0.3, 0.4) is 0 Å². The zero-order chi connectivity index (χ0) is 18.0. The normalized spacial score (nSPS) is 10.9. The van der Waals surface area contributed by atoms with Crippen molar-refractivity contribution in [2.75, 3.05) is 5.32 Å². The van der Waals surface area contributed by atoms with Gasteiger partial charge in [-0.2, -0.15) is 4.98 Å². The van der Waals surface area contributed by atoms with Gasteiger partial charge in [0.25, 0.3) is 11.6 Å². The third-order valence-electron chi connectivity index (χ3n) is 3.59. The summed E-state index contributed by atoms with van der Waals surface area (Å²) in [6.45, 7) is 5.82. The van der Waals surface area contributed by atoms with Gasteiger partial charge in [-0.15, -0.1) is 0 Å². The maximum atomic E-state index is 11.3. The van der Waals surface area contributed by atoms with E-state index < -0.39 is 4.92 Å². The van der Waals surface area contributed by atoms with Crippen molar-refractivity contribution >= 4 is 11.4 Å². The minimum absolute atomic E-state index is 0.0264. The summed E-state index contributed by atoms with van der Waals surface area (Å²) in [5, 5.41) is 18.4. The first-order valence-corrected chi connectivity index (χ1v) is 7.90. The van der Waals surface area contributed by atoms with E-state index in [-0.39, 0.29) is 17.6 Å². The topological polar surface area (TPSA) is 94.1 Å². The third kappa shape index (κ3) is 3.65. The zero-order valence-electron chi connectivity index (χ0n) is 14.2.